The number of aromatic nitrogens is 3. The molecule has 0 spiro atoms. The maximum atomic E-state index is 13.0. The summed E-state index contributed by atoms with van der Waals surface area (Å²) in [5, 5.41) is 4.74. The van der Waals surface area contributed by atoms with Crippen molar-refractivity contribution in [3.8, 4) is 11.5 Å². The molecule has 1 N–H and O–H groups in total. The molecule has 0 atom stereocenters. The number of hydrogen-bond acceptors (Lipinski definition) is 6. The van der Waals surface area contributed by atoms with Crippen LogP contribution < -0.4 is 5.32 Å². The molecule has 5 rings (SSSR count). The number of nitrogens with zero attached hydrogens (tertiary/aromatic N) is 4. The summed E-state index contributed by atoms with van der Waals surface area (Å²) in [7, 11) is -3.58. The van der Waals surface area contributed by atoms with E-state index in [1.54, 1.807) is 23.7 Å². The topological polar surface area (TPSA) is 97.2 Å². The van der Waals surface area contributed by atoms with Gasteiger partial charge in [0.25, 0.3) is 0 Å². The molecule has 33 heavy (non-hydrogen) atoms. The highest BCUT2D eigenvalue weighted by atomic mass is 32.2. The first-order valence-corrected chi connectivity index (χ1v) is 13.1. The zero-order valence-corrected chi connectivity index (χ0v) is 19.5. The molecule has 1 amide bonds. The van der Waals surface area contributed by atoms with Crippen molar-refractivity contribution in [1.29, 1.82) is 0 Å². The first-order chi connectivity index (χ1) is 16.0. The highest BCUT2D eigenvalue weighted by Crippen LogP contribution is 2.26. The molecule has 0 radical (unpaired) electrons. The number of benzene rings is 2. The van der Waals surface area contributed by atoms with Gasteiger partial charge in [0, 0.05) is 24.2 Å². The summed E-state index contributed by atoms with van der Waals surface area (Å²) in [5.74, 6) is 0.344. The van der Waals surface area contributed by atoms with Crippen LogP contribution in [0.25, 0.3) is 22.6 Å². The molecule has 2 aromatic carbocycles. The minimum Gasteiger partial charge on any atom is -0.324 e. The molecule has 8 nitrogen and oxygen atoms in total. The second-order valence-corrected chi connectivity index (χ2v) is 10.6. The maximum Gasteiger partial charge on any atom is 0.244 e. The second kappa shape index (κ2) is 9.05. The number of carbonyl (C=O) groups excluding carboxylic acids is 1. The van der Waals surface area contributed by atoms with Gasteiger partial charge in [0.2, 0.25) is 15.9 Å². The Morgan fingerprint density at radius 3 is 2.67 bits per heavy atom. The number of para-hydroxylation sites is 2. The average molecular weight is 482 g/mol. The highest BCUT2D eigenvalue weighted by Gasteiger charge is 2.26. The Morgan fingerprint density at radius 1 is 1.06 bits per heavy atom. The summed E-state index contributed by atoms with van der Waals surface area (Å²) >= 11 is 1.46. The second-order valence-electron chi connectivity index (χ2n) is 7.92. The van der Waals surface area contributed by atoms with Crippen molar-refractivity contribution in [2.75, 3.05) is 18.4 Å². The van der Waals surface area contributed by atoms with Crippen LogP contribution >= 0.6 is 11.3 Å². The van der Waals surface area contributed by atoms with Crippen molar-refractivity contribution < 1.29 is 13.2 Å². The first kappa shape index (κ1) is 21.7. The van der Waals surface area contributed by atoms with Gasteiger partial charge in [-0.3, -0.25) is 4.79 Å². The summed E-state index contributed by atoms with van der Waals surface area (Å²) in [5.41, 5.74) is 4.49. The summed E-state index contributed by atoms with van der Waals surface area (Å²) in [6.07, 6.45) is 2.79. The van der Waals surface area contributed by atoms with Crippen molar-refractivity contribution in [3.05, 3.63) is 59.4 Å². The lowest BCUT2D eigenvalue weighted by molar-refractivity contribution is -0.116. The predicted molar refractivity (Wildman–Crippen MR) is 129 cm³/mol. The molecule has 0 unspecified atom stereocenters. The molecule has 4 aromatic rings. The van der Waals surface area contributed by atoms with Crippen LogP contribution in [-0.4, -0.2) is 46.3 Å². The fraction of sp³-hybridized carbons (Fsp3) is 0.261. The molecule has 1 fully saturated rings. The Balaban J connectivity index is 1.39. The molecule has 1 aliphatic heterocycles. The van der Waals surface area contributed by atoms with E-state index in [9.17, 15) is 13.2 Å². The van der Waals surface area contributed by atoms with E-state index >= 15 is 0 Å². The van der Waals surface area contributed by atoms with Gasteiger partial charge in [-0.15, -0.1) is 11.3 Å². The Hall–Kier alpha value is -3.08. The number of amides is 1. The molecule has 1 saturated heterocycles. The van der Waals surface area contributed by atoms with Crippen LogP contribution in [-0.2, 0) is 21.4 Å². The quantitative estimate of drug-likeness (QED) is 0.449. The maximum absolute atomic E-state index is 13.0. The number of sulfonamides is 1. The van der Waals surface area contributed by atoms with Crippen LogP contribution in [0.5, 0.6) is 0 Å². The summed E-state index contributed by atoms with van der Waals surface area (Å²) in [6, 6.07) is 14.1. The van der Waals surface area contributed by atoms with Gasteiger partial charge in [0.05, 0.1) is 21.4 Å². The van der Waals surface area contributed by atoms with Gasteiger partial charge in [-0.05, 0) is 43.2 Å². The van der Waals surface area contributed by atoms with Crippen molar-refractivity contribution in [1.82, 2.24) is 18.8 Å². The van der Waals surface area contributed by atoms with Crippen LogP contribution in [0.2, 0.25) is 0 Å². The monoisotopic (exact) mass is 481 g/mol. The van der Waals surface area contributed by atoms with Crippen molar-refractivity contribution >= 4 is 44.0 Å². The average Bonchev–Trinajstić information content (AvgIpc) is 3.48. The summed E-state index contributed by atoms with van der Waals surface area (Å²) in [6.45, 7) is 1.09. The van der Waals surface area contributed by atoms with Crippen molar-refractivity contribution in [2.45, 2.75) is 30.7 Å². The molecule has 3 heterocycles. The van der Waals surface area contributed by atoms with E-state index in [-0.39, 0.29) is 17.3 Å². The van der Waals surface area contributed by atoms with Crippen LogP contribution in [0, 0.1) is 0 Å². The number of thiazole rings is 1. The van der Waals surface area contributed by atoms with E-state index in [0.717, 1.165) is 30.3 Å². The van der Waals surface area contributed by atoms with Crippen LogP contribution in [0.15, 0.2) is 64.3 Å². The van der Waals surface area contributed by atoms with Crippen LogP contribution in [0.3, 0.4) is 0 Å². The van der Waals surface area contributed by atoms with Gasteiger partial charge in [0.15, 0.2) is 5.82 Å². The number of piperidine rings is 1. The Bertz CT molecular complexity index is 1390. The standard InChI is InChI=1S/C23H23N5O3S2/c29-22(14-28-21-10-3-2-9-19(21)26-23(28)20-15-32-16-24-20)25-17-7-6-8-18(13-17)33(30,31)27-11-4-1-5-12-27/h2-3,6-10,13,15-16H,1,4-5,11-12,14H2,(H,25,29). The normalized spacial score (nSPS) is 15.0. The van der Waals surface area contributed by atoms with E-state index in [4.69, 9.17) is 0 Å². The van der Waals surface area contributed by atoms with Gasteiger partial charge in [0.1, 0.15) is 12.2 Å². The third kappa shape index (κ3) is 4.41. The predicted octanol–water partition coefficient (Wildman–Crippen LogP) is 3.97. The lowest BCUT2D eigenvalue weighted by Gasteiger charge is -2.26. The number of imidazole rings is 1. The number of rotatable bonds is 6. The van der Waals surface area contributed by atoms with E-state index in [2.05, 4.69) is 15.3 Å². The largest absolute Gasteiger partial charge is 0.324 e. The molecule has 0 bridgehead atoms. The van der Waals surface area contributed by atoms with Gasteiger partial charge < -0.3 is 9.88 Å². The van der Waals surface area contributed by atoms with Crippen LogP contribution in [0.1, 0.15) is 19.3 Å². The number of carbonyl (C=O) groups is 1. The number of fused-ring (bicyclic) bond motifs is 1. The highest BCUT2D eigenvalue weighted by molar-refractivity contribution is 7.89. The van der Waals surface area contributed by atoms with Gasteiger partial charge >= 0.3 is 0 Å². The van der Waals surface area contributed by atoms with E-state index in [1.807, 2.05) is 34.2 Å². The molecule has 2 aromatic heterocycles. The zero-order chi connectivity index (χ0) is 22.8. The molecular formula is C23H23N5O3S2. The fourth-order valence-electron chi connectivity index (χ4n) is 4.09. The van der Waals surface area contributed by atoms with E-state index in [1.165, 1.54) is 21.7 Å². The lowest BCUT2D eigenvalue weighted by atomic mass is 10.2. The molecule has 0 aliphatic carbocycles. The van der Waals surface area contributed by atoms with E-state index in [0.29, 0.717) is 30.3 Å². The summed E-state index contributed by atoms with van der Waals surface area (Å²) in [4.78, 5) is 22.2. The molecule has 1 aliphatic rings. The van der Waals surface area contributed by atoms with Crippen LogP contribution in [0.4, 0.5) is 5.69 Å². The van der Waals surface area contributed by atoms with Crippen molar-refractivity contribution in [2.24, 2.45) is 0 Å². The van der Waals surface area contributed by atoms with E-state index < -0.39 is 10.0 Å². The molecular weight excluding hydrogens is 458 g/mol. The molecule has 10 heteroatoms. The lowest BCUT2D eigenvalue weighted by Crippen LogP contribution is -2.35. The van der Waals surface area contributed by atoms with Gasteiger partial charge in [-0.2, -0.15) is 4.31 Å². The minimum atomic E-state index is -3.58. The minimum absolute atomic E-state index is 0.0243. The zero-order valence-electron chi connectivity index (χ0n) is 17.8. The molecule has 170 valence electrons. The Kier molecular flexibility index (Phi) is 5.96. The molecule has 0 saturated carbocycles. The third-order valence-corrected chi connectivity index (χ3v) is 8.17. The SMILES string of the molecule is O=C(Cn1c(-c2cscn2)nc2ccccc21)Nc1cccc(S(=O)(=O)N2CCCCC2)c1. The smallest absolute Gasteiger partial charge is 0.244 e. The summed E-state index contributed by atoms with van der Waals surface area (Å²) < 4.78 is 29.3. The third-order valence-electron chi connectivity index (χ3n) is 5.69. The first-order valence-electron chi connectivity index (χ1n) is 10.8. The fourth-order valence-corrected chi connectivity index (χ4v) is 6.18. The van der Waals surface area contributed by atoms with Gasteiger partial charge in [-0.25, -0.2) is 18.4 Å². The van der Waals surface area contributed by atoms with Gasteiger partial charge in [-0.1, -0.05) is 24.6 Å². The Labute approximate surface area is 196 Å². The Morgan fingerprint density at radius 2 is 1.88 bits per heavy atom. The number of anilines is 1. The number of nitrogens with one attached hydrogen (secondary N) is 1. The van der Waals surface area contributed by atoms with Crippen molar-refractivity contribution in [3.63, 3.8) is 0 Å². The number of hydrogen-bond donors (Lipinski definition) is 1.